The normalized spacial score (nSPS) is 12.4. The molecule has 0 bridgehead atoms. The van der Waals surface area contributed by atoms with Crippen LogP contribution in [0.1, 0.15) is 50.1 Å². The van der Waals surface area contributed by atoms with Crippen LogP contribution in [-0.4, -0.2) is 14.7 Å². The van der Waals surface area contributed by atoms with Gasteiger partial charge in [-0.25, -0.2) is 8.42 Å². The van der Waals surface area contributed by atoms with E-state index < -0.39 is 9.84 Å². The lowest BCUT2D eigenvalue weighted by atomic mass is 9.83. The van der Waals surface area contributed by atoms with Crippen LogP contribution in [0.5, 0.6) is 0 Å². The van der Waals surface area contributed by atoms with E-state index in [0.717, 1.165) is 32.7 Å². The van der Waals surface area contributed by atoms with Crippen molar-refractivity contribution in [3.8, 4) is 0 Å². The summed E-state index contributed by atoms with van der Waals surface area (Å²) in [4.78, 5) is 0.505. The summed E-state index contributed by atoms with van der Waals surface area (Å²) < 4.78 is 26.2. The van der Waals surface area contributed by atoms with Gasteiger partial charge in [-0.3, -0.25) is 0 Å². The van der Waals surface area contributed by atoms with E-state index in [2.05, 4.69) is 62.3 Å². The third-order valence-electron chi connectivity index (χ3n) is 6.95. The standard InChI is InChI=1S/C24H30O2S/c1-11-13(3)17(7)22-20(15(11)5)19(9)21-16(6)12(2)14(4)18(8)23(21)24(22)27(10,25)26/h1-10H3. The van der Waals surface area contributed by atoms with Gasteiger partial charge in [-0.15, -0.1) is 0 Å². The molecule has 0 saturated heterocycles. The Morgan fingerprint density at radius 3 is 0.926 bits per heavy atom. The summed E-state index contributed by atoms with van der Waals surface area (Å²) in [6, 6.07) is 0. The summed E-state index contributed by atoms with van der Waals surface area (Å²) in [5.74, 6) is 0. The molecule has 3 aromatic carbocycles. The highest BCUT2D eigenvalue weighted by Gasteiger charge is 2.26. The summed E-state index contributed by atoms with van der Waals surface area (Å²) in [5.41, 5.74) is 10.6. The topological polar surface area (TPSA) is 34.1 Å². The highest BCUT2D eigenvalue weighted by atomic mass is 32.2. The summed E-state index contributed by atoms with van der Waals surface area (Å²) in [6.07, 6.45) is 1.35. The minimum absolute atomic E-state index is 0.505. The van der Waals surface area contributed by atoms with Gasteiger partial charge in [-0.1, -0.05) is 0 Å². The van der Waals surface area contributed by atoms with Crippen molar-refractivity contribution in [1.82, 2.24) is 0 Å². The fourth-order valence-electron chi connectivity index (χ4n) is 4.75. The lowest BCUT2D eigenvalue weighted by Crippen LogP contribution is -2.08. The Bertz CT molecular complexity index is 1180. The van der Waals surface area contributed by atoms with Crippen molar-refractivity contribution >= 4 is 31.4 Å². The van der Waals surface area contributed by atoms with Gasteiger partial charge in [0.2, 0.25) is 0 Å². The van der Waals surface area contributed by atoms with Gasteiger partial charge in [0, 0.05) is 17.0 Å². The maximum Gasteiger partial charge on any atom is 0.176 e. The average molecular weight is 383 g/mol. The van der Waals surface area contributed by atoms with Crippen LogP contribution in [0.4, 0.5) is 0 Å². The molecule has 0 amide bonds. The predicted octanol–water partition coefficient (Wildman–Crippen LogP) is 6.17. The highest BCUT2D eigenvalue weighted by Crippen LogP contribution is 2.44. The van der Waals surface area contributed by atoms with Crippen molar-refractivity contribution in [1.29, 1.82) is 0 Å². The number of aryl methyl sites for hydroxylation is 5. The zero-order valence-corrected chi connectivity index (χ0v) is 19.0. The van der Waals surface area contributed by atoms with Crippen LogP contribution in [0, 0.1) is 62.3 Å². The third kappa shape index (κ3) is 2.55. The van der Waals surface area contributed by atoms with Crippen LogP contribution in [0.25, 0.3) is 21.5 Å². The Balaban J connectivity index is 2.96. The molecule has 0 radical (unpaired) electrons. The molecule has 27 heavy (non-hydrogen) atoms. The SMILES string of the molecule is Cc1c(C)c(C)c2c(S(C)(=O)=O)c3c(C)c(C)c(C)c(C)c3c(C)c2c1C. The fraction of sp³-hybridized carbons (Fsp3) is 0.417. The van der Waals surface area contributed by atoms with Crippen molar-refractivity contribution in [2.24, 2.45) is 0 Å². The summed E-state index contributed by atoms with van der Waals surface area (Å²) in [6.45, 7) is 19.0. The van der Waals surface area contributed by atoms with E-state index in [0.29, 0.717) is 4.90 Å². The first-order chi connectivity index (χ1) is 12.3. The van der Waals surface area contributed by atoms with Gasteiger partial charge in [0.15, 0.2) is 9.84 Å². The fourth-order valence-corrected chi connectivity index (χ4v) is 6.00. The second-order valence-electron chi connectivity index (χ2n) is 8.23. The Hall–Kier alpha value is -1.87. The third-order valence-corrected chi connectivity index (χ3v) is 8.10. The molecule has 3 rings (SSSR count). The number of fused-ring (bicyclic) bond motifs is 2. The zero-order valence-electron chi connectivity index (χ0n) is 18.2. The van der Waals surface area contributed by atoms with Crippen LogP contribution in [0.3, 0.4) is 0 Å². The second kappa shape index (κ2) is 6.07. The van der Waals surface area contributed by atoms with Gasteiger partial charge >= 0.3 is 0 Å². The molecule has 0 fully saturated rings. The lowest BCUT2D eigenvalue weighted by Gasteiger charge is -2.24. The van der Waals surface area contributed by atoms with Gasteiger partial charge in [0.05, 0.1) is 4.90 Å². The van der Waals surface area contributed by atoms with Gasteiger partial charge in [0.1, 0.15) is 0 Å². The van der Waals surface area contributed by atoms with Crippen LogP contribution < -0.4 is 0 Å². The first-order valence-electron chi connectivity index (χ1n) is 9.45. The molecule has 0 aliphatic carbocycles. The molecule has 0 saturated carbocycles. The molecule has 3 aromatic rings. The smallest absolute Gasteiger partial charge is 0.176 e. The number of sulfone groups is 1. The zero-order chi connectivity index (χ0) is 20.6. The van der Waals surface area contributed by atoms with Gasteiger partial charge < -0.3 is 0 Å². The molecule has 0 aliphatic heterocycles. The van der Waals surface area contributed by atoms with Gasteiger partial charge in [-0.2, -0.15) is 0 Å². The number of hydrogen-bond donors (Lipinski definition) is 0. The molecule has 0 aliphatic rings. The van der Waals surface area contributed by atoms with E-state index in [1.165, 1.54) is 45.2 Å². The van der Waals surface area contributed by atoms with Crippen LogP contribution in [0.2, 0.25) is 0 Å². The summed E-state index contributed by atoms with van der Waals surface area (Å²) >= 11 is 0. The van der Waals surface area contributed by atoms with Crippen molar-refractivity contribution < 1.29 is 8.42 Å². The quantitative estimate of drug-likeness (QED) is 0.471. The molecule has 0 N–H and O–H groups in total. The lowest BCUT2D eigenvalue weighted by molar-refractivity contribution is 0.603. The maximum atomic E-state index is 13.1. The van der Waals surface area contributed by atoms with Crippen LogP contribution in [0.15, 0.2) is 4.90 Å². The Morgan fingerprint density at radius 2 is 0.667 bits per heavy atom. The van der Waals surface area contributed by atoms with Crippen molar-refractivity contribution in [3.05, 3.63) is 50.1 Å². The molecule has 144 valence electrons. The summed E-state index contributed by atoms with van der Waals surface area (Å²) in [5, 5.41) is 4.03. The van der Waals surface area contributed by atoms with E-state index >= 15 is 0 Å². The molecule has 3 heteroatoms. The van der Waals surface area contributed by atoms with Crippen molar-refractivity contribution in [2.45, 2.75) is 67.2 Å². The Morgan fingerprint density at radius 1 is 0.407 bits per heavy atom. The molecular formula is C24H30O2S. The maximum absolute atomic E-state index is 13.1. The molecule has 0 atom stereocenters. The average Bonchev–Trinajstić information content (AvgIpc) is 2.58. The van der Waals surface area contributed by atoms with Gasteiger partial charge in [-0.05, 0) is 123 Å². The molecule has 0 unspecified atom stereocenters. The van der Waals surface area contributed by atoms with E-state index in [1.807, 2.05) is 0 Å². The number of hydrogen-bond acceptors (Lipinski definition) is 2. The van der Waals surface area contributed by atoms with Crippen molar-refractivity contribution in [3.63, 3.8) is 0 Å². The number of rotatable bonds is 1. The highest BCUT2D eigenvalue weighted by molar-refractivity contribution is 7.91. The predicted molar refractivity (Wildman–Crippen MR) is 117 cm³/mol. The molecule has 0 spiro atoms. The van der Waals surface area contributed by atoms with Crippen LogP contribution in [-0.2, 0) is 9.84 Å². The summed E-state index contributed by atoms with van der Waals surface area (Å²) in [7, 11) is -3.41. The van der Waals surface area contributed by atoms with Crippen molar-refractivity contribution in [2.75, 3.05) is 6.26 Å². The van der Waals surface area contributed by atoms with E-state index in [-0.39, 0.29) is 0 Å². The second-order valence-corrected chi connectivity index (χ2v) is 10.2. The molecule has 2 nitrogen and oxygen atoms in total. The first kappa shape index (κ1) is 19.9. The largest absolute Gasteiger partial charge is 0.224 e. The first-order valence-corrected chi connectivity index (χ1v) is 11.3. The Labute approximate surface area is 163 Å². The molecular weight excluding hydrogens is 352 g/mol. The van der Waals surface area contributed by atoms with Crippen LogP contribution >= 0.6 is 0 Å². The minimum Gasteiger partial charge on any atom is -0.224 e. The Kier molecular flexibility index (Phi) is 4.47. The number of benzene rings is 3. The van der Waals surface area contributed by atoms with E-state index in [1.54, 1.807) is 0 Å². The minimum atomic E-state index is -3.41. The molecule has 0 aromatic heterocycles. The monoisotopic (exact) mass is 382 g/mol. The van der Waals surface area contributed by atoms with E-state index in [4.69, 9.17) is 0 Å². The molecule has 0 heterocycles. The van der Waals surface area contributed by atoms with Gasteiger partial charge in [0.25, 0.3) is 0 Å². The van der Waals surface area contributed by atoms with E-state index in [9.17, 15) is 8.42 Å².